The molecule has 2 aliphatic rings. The van der Waals surface area contributed by atoms with Crippen LogP contribution >= 0.6 is 0 Å². The number of nitrogens with zero attached hydrogens (tertiary/aromatic N) is 3. The van der Waals surface area contributed by atoms with Gasteiger partial charge in [-0.15, -0.1) is 0 Å². The molecule has 4 rings (SSSR count). The number of hydrogen-bond donors (Lipinski definition) is 1. The van der Waals surface area contributed by atoms with Gasteiger partial charge >= 0.3 is 0 Å². The first-order chi connectivity index (χ1) is 14.9. The molecule has 2 aromatic heterocycles. The minimum atomic E-state index is -2.67. The van der Waals surface area contributed by atoms with Crippen LogP contribution in [-0.2, 0) is 12.8 Å². The fourth-order valence-electron chi connectivity index (χ4n) is 4.64. The number of anilines is 1. The third-order valence-electron chi connectivity index (χ3n) is 6.66. The molecule has 1 N–H and O–H groups in total. The molecule has 1 unspecified atom stereocenters. The van der Waals surface area contributed by atoms with E-state index in [2.05, 4.69) is 21.4 Å². The molecule has 1 saturated carbocycles. The Labute approximate surface area is 184 Å². The molecule has 6 heteroatoms. The zero-order valence-electron chi connectivity index (χ0n) is 18.8. The second kappa shape index (κ2) is 9.58. The summed E-state index contributed by atoms with van der Waals surface area (Å²) >= 11 is 0. The highest BCUT2D eigenvalue weighted by atomic mass is 19.3. The van der Waals surface area contributed by atoms with E-state index in [1.807, 2.05) is 6.92 Å². The Kier molecular flexibility index (Phi) is 6.83. The molecule has 1 aliphatic carbocycles. The van der Waals surface area contributed by atoms with E-state index in [1.54, 1.807) is 19.3 Å². The predicted octanol–water partition coefficient (Wildman–Crippen LogP) is 6.35. The molecule has 0 spiro atoms. The van der Waals surface area contributed by atoms with Crippen molar-refractivity contribution >= 4 is 5.82 Å². The monoisotopic (exact) mass is 428 g/mol. The van der Waals surface area contributed by atoms with E-state index in [0.29, 0.717) is 24.6 Å². The van der Waals surface area contributed by atoms with Crippen molar-refractivity contribution in [1.29, 1.82) is 0 Å². The van der Waals surface area contributed by atoms with Crippen LogP contribution in [0.2, 0.25) is 0 Å². The van der Waals surface area contributed by atoms with Crippen molar-refractivity contribution in [2.45, 2.75) is 95.8 Å². The lowest BCUT2D eigenvalue weighted by Crippen LogP contribution is -2.20. The molecule has 168 valence electrons. The molecular weight excluding hydrogens is 394 g/mol. The van der Waals surface area contributed by atoms with Crippen LogP contribution in [0.15, 0.2) is 18.5 Å². The molecule has 0 amide bonds. The second-order valence-corrected chi connectivity index (χ2v) is 9.27. The Morgan fingerprint density at radius 1 is 1.19 bits per heavy atom. The minimum absolute atomic E-state index is 0.0713. The Morgan fingerprint density at radius 3 is 2.68 bits per heavy atom. The molecule has 0 bridgehead atoms. The summed E-state index contributed by atoms with van der Waals surface area (Å²) in [5, 5.41) is 3.41. The van der Waals surface area contributed by atoms with Crippen LogP contribution in [0.5, 0.6) is 0 Å². The van der Waals surface area contributed by atoms with Crippen LogP contribution in [0, 0.1) is 6.92 Å². The SMILES string of the molecule is CCC(CC(F)(F)CCCCc1nc2c(cc1C1CC1)CCCN2)c1cnc(C)nc1. The number of pyridine rings is 1. The highest BCUT2D eigenvalue weighted by molar-refractivity contribution is 5.50. The summed E-state index contributed by atoms with van der Waals surface area (Å²) < 4.78 is 29.5. The Morgan fingerprint density at radius 2 is 1.97 bits per heavy atom. The zero-order valence-corrected chi connectivity index (χ0v) is 18.8. The van der Waals surface area contributed by atoms with Crippen LogP contribution in [0.4, 0.5) is 14.6 Å². The van der Waals surface area contributed by atoms with Crippen LogP contribution in [0.3, 0.4) is 0 Å². The van der Waals surface area contributed by atoms with E-state index >= 15 is 0 Å². The molecule has 0 aromatic carbocycles. The summed E-state index contributed by atoms with van der Waals surface area (Å²) in [5.74, 6) is -0.553. The molecule has 31 heavy (non-hydrogen) atoms. The number of rotatable bonds is 10. The maximum absolute atomic E-state index is 14.7. The molecule has 1 aliphatic heterocycles. The van der Waals surface area contributed by atoms with Gasteiger partial charge in [0, 0.05) is 37.5 Å². The first-order valence-electron chi connectivity index (χ1n) is 11.9. The molecule has 4 nitrogen and oxygen atoms in total. The lowest BCUT2D eigenvalue weighted by atomic mass is 9.90. The number of aromatic nitrogens is 3. The van der Waals surface area contributed by atoms with Gasteiger partial charge in [0.25, 0.3) is 0 Å². The molecule has 0 saturated heterocycles. The molecule has 1 fully saturated rings. The van der Waals surface area contributed by atoms with Gasteiger partial charge in [-0.3, -0.25) is 0 Å². The third-order valence-corrected chi connectivity index (χ3v) is 6.66. The lowest BCUT2D eigenvalue weighted by molar-refractivity contribution is -0.0251. The van der Waals surface area contributed by atoms with Crippen molar-refractivity contribution in [3.05, 3.63) is 46.7 Å². The summed E-state index contributed by atoms with van der Waals surface area (Å²) in [5.41, 5.74) is 4.64. The van der Waals surface area contributed by atoms with Crippen molar-refractivity contribution in [1.82, 2.24) is 15.0 Å². The summed E-state index contributed by atoms with van der Waals surface area (Å²) in [4.78, 5) is 13.3. The lowest BCUT2D eigenvalue weighted by Gasteiger charge is -2.23. The summed E-state index contributed by atoms with van der Waals surface area (Å²) in [6, 6.07) is 2.34. The first kappa shape index (κ1) is 22.1. The third kappa shape index (κ3) is 5.78. The number of fused-ring (bicyclic) bond motifs is 1. The highest BCUT2D eigenvalue weighted by Gasteiger charge is 2.33. The van der Waals surface area contributed by atoms with E-state index in [9.17, 15) is 8.78 Å². The van der Waals surface area contributed by atoms with E-state index in [4.69, 9.17) is 4.98 Å². The highest BCUT2D eigenvalue weighted by Crippen LogP contribution is 2.43. The van der Waals surface area contributed by atoms with Crippen LogP contribution < -0.4 is 5.32 Å². The normalized spacial score (nSPS) is 17.2. The second-order valence-electron chi connectivity index (χ2n) is 9.27. The quantitative estimate of drug-likeness (QED) is 0.448. The molecule has 1 atom stereocenters. The number of hydrogen-bond acceptors (Lipinski definition) is 4. The number of alkyl halides is 2. The van der Waals surface area contributed by atoms with Gasteiger partial charge in [0.15, 0.2) is 0 Å². The Bertz CT molecular complexity index is 878. The predicted molar refractivity (Wildman–Crippen MR) is 120 cm³/mol. The Hall–Kier alpha value is -2.11. The van der Waals surface area contributed by atoms with E-state index < -0.39 is 5.92 Å². The van der Waals surface area contributed by atoms with E-state index in [0.717, 1.165) is 49.3 Å². The van der Waals surface area contributed by atoms with E-state index in [-0.39, 0.29) is 18.8 Å². The molecular formula is C25H34F2N4. The average molecular weight is 429 g/mol. The van der Waals surface area contributed by atoms with Gasteiger partial charge in [0.05, 0.1) is 0 Å². The van der Waals surface area contributed by atoms with Crippen LogP contribution in [0.1, 0.15) is 98.3 Å². The maximum Gasteiger partial charge on any atom is 0.248 e. The number of aryl methyl sites for hydroxylation is 3. The van der Waals surface area contributed by atoms with Gasteiger partial charge in [-0.2, -0.15) is 0 Å². The van der Waals surface area contributed by atoms with Gasteiger partial charge in [-0.05, 0) is 86.8 Å². The fraction of sp³-hybridized carbons (Fsp3) is 0.640. The topological polar surface area (TPSA) is 50.7 Å². The minimum Gasteiger partial charge on any atom is -0.370 e. The van der Waals surface area contributed by atoms with Gasteiger partial charge < -0.3 is 5.32 Å². The van der Waals surface area contributed by atoms with Gasteiger partial charge in [0.1, 0.15) is 11.6 Å². The number of unbranched alkanes of at least 4 members (excludes halogenated alkanes) is 1. The van der Waals surface area contributed by atoms with Crippen LogP contribution in [0.25, 0.3) is 0 Å². The van der Waals surface area contributed by atoms with Crippen molar-refractivity contribution in [2.24, 2.45) is 0 Å². The Balaban J connectivity index is 1.32. The number of halogens is 2. The summed E-state index contributed by atoms with van der Waals surface area (Å²) in [6.45, 7) is 4.73. The summed E-state index contributed by atoms with van der Waals surface area (Å²) in [6.07, 6.45) is 10.6. The fourth-order valence-corrected chi connectivity index (χ4v) is 4.64. The molecule has 2 aromatic rings. The van der Waals surface area contributed by atoms with Crippen LogP contribution in [-0.4, -0.2) is 27.4 Å². The first-order valence-corrected chi connectivity index (χ1v) is 11.9. The average Bonchev–Trinajstić information content (AvgIpc) is 3.60. The van der Waals surface area contributed by atoms with Gasteiger partial charge in [0.2, 0.25) is 5.92 Å². The largest absolute Gasteiger partial charge is 0.370 e. The van der Waals surface area contributed by atoms with Crippen molar-refractivity contribution in [3.8, 4) is 0 Å². The van der Waals surface area contributed by atoms with Gasteiger partial charge in [-0.25, -0.2) is 23.7 Å². The number of nitrogens with one attached hydrogen (secondary N) is 1. The zero-order chi connectivity index (χ0) is 21.8. The van der Waals surface area contributed by atoms with Crippen molar-refractivity contribution in [3.63, 3.8) is 0 Å². The van der Waals surface area contributed by atoms with Gasteiger partial charge in [-0.1, -0.05) is 13.0 Å². The maximum atomic E-state index is 14.7. The standard InChI is InChI=1S/C25H34F2N4/c1-3-18(21-15-29-17(2)30-16-21)14-25(26,27)11-5-4-8-23-22(19-9-10-19)13-20-7-6-12-28-24(20)31-23/h13,15-16,18-19H,3-12,14H2,1-2H3,(H,28,31). The molecule has 3 heterocycles. The van der Waals surface area contributed by atoms with Crippen molar-refractivity contribution in [2.75, 3.05) is 11.9 Å². The molecule has 0 radical (unpaired) electrons. The smallest absolute Gasteiger partial charge is 0.248 e. The van der Waals surface area contributed by atoms with Crippen molar-refractivity contribution < 1.29 is 8.78 Å². The van der Waals surface area contributed by atoms with E-state index in [1.165, 1.54) is 24.0 Å². The summed E-state index contributed by atoms with van der Waals surface area (Å²) in [7, 11) is 0.